The Bertz CT molecular complexity index is 449. The average molecular weight is 365 g/mol. The van der Waals surface area contributed by atoms with Crippen LogP contribution in [0.15, 0.2) is 4.99 Å². The van der Waals surface area contributed by atoms with Gasteiger partial charge >= 0.3 is 0 Å². The van der Waals surface area contributed by atoms with E-state index in [0.717, 1.165) is 51.3 Å². The average Bonchev–Trinajstić information content (AvgIpc) is 3.41. The first-order chi connectivity index (χ1) is 12.7. The first-order valence-electron chi connectivity index (χ1n) is 11.1. The van der Waals surface area contributed by atoms with Gasteiger partial charge in [-0.3, -0.25) is 9.89 Å². The Labute approximate surface area is 160 Å². The summed E-state index contributed by atoms with van der Waals surface area (Å²) < 4.78 is 5.70. The third-order valence-corrected chi connectivity index (χ3v) is 6.89. The van der Waals surface area contributed by atoms with Crippen molar-refractivity contribution < 1.29 is 4.74 Å². The third kappa shape index (κ3) is 4.53. The van der Waals surface area contributed by atoms with Crippen LogP contribution in [-0.2, 0) is 4.74 Å². The summed E-state index contributed by atoms with van der Waals surface area (Å²) in [7, 11) is 0. The molecule has 0 saturated carbocycles. The lowest BCUT2D eigenvalue weighted by Gasteiger charge is -2.33. The summed E-state index contributed by atoms with van der Waals surface area (Å²) in [6, 6.07) is 0.604. The molecule has 5 nitrogen and oxygen atoms in total. The van der Waals surface area contributed by atoms with Crippen LogP contribution >= 0.6 is 0 Å². The molecular weight excluding hydrogens is 324 g/mol. The van der Waals surface area contributed by atoms with E-state index in [4.69, 9.17) is 9.73 Å². The van der Waals surface area contributed by atoms with Crippen molar-refractivity contribution in [2.75, 3.05) is 52.5 Å². The Morgan fingerprint density at radius 1 is 1.12 bits per heavy atom. The normalized spacial score (nSPS) is 28.6. The Kier molecular flexibility index (Phi) is 7.21. The number of nitrogens with one attached hydrogen (secondary N) is 1. The van der Waals surface area contributed by atoms with Crippen LogP contribution in [-0.4, -0.2) is 74.3 Å². The quantitative estimate of drug-likeness (QED) is 0.557. The van der Waals surface area contributed by atoms with Crippen LogP contribution in [0.3, 0.4) is 0 Å². The second-order valence-corrected chi connectivity index (χ2v) is 8.56. The van der Waals surface area contributed by atoms with Gasteiger partial charge in [-0.15, -0.1) is 0 Å². The van der Waals surface area contributed by atoms with Gasteiger partial charge in [0.25, 0.3) is 0 Å². The summed E-state index contributed by atoms with van der Waals surface area (Å²) in [6.07, 6.45) is 7.69. The first-order valence-corrected chi connectivity index (χ1v) is 11.1. The van der Waals surface area contributed by atoms with Gasteiger partial charge in [-0.05, 0) is 51.6 Å². The van der Waals surface area contributed by atoms with Gasteiger partial charge < -0.3 is 15.0 Å². The minimum Gasteiger partial charge on any atom is -0.381 e. The minimum absolute atomic E-state index is 0.389. The number of hydrogen-bond acceptors (Lipinski definition) is 3. The number of guanidine groups is 1. The fraction of sp³-hybridized carbons (Fsp3) is 0.952. The van der Waals surface area contributed by atoms with Crippen molar-refractivity contribution in [3.8, 4) is 0 Å². The van der Waals surface area contributed by atoms with Gasteiger partial charge in [-0.1, -0.05) is 26.7 Å². The minimum atomic E-state index is 0.389. The van der Waals surface area contributed by atoms with Crippen LogP contribution in [0.5, 0.6) is 0 Å². The van der Waals surface area contributed by atoms with Gasteiger partial charge in [-0.25, -0.2) is 0 Å². The van der Waals surface area contributed by atoms with Gasteiger partial charge in [0.2, 0.25) is 0 Å². The molecule has 3 aliphatic heterocycles. The van der Waals surface area contributed by atoms with Crippen LogP contribution in [0.25, 0.3) is 0 Å². The molecule has 2 unspecified atom stereocenters. The van der Waals surface area contributed by atoms with E-state index in [2.05, 4.69) is 35.9 Å². The summed E-state index contributed by atoms with van der Waals surface area (Å²) in [4.78, 5) is 10.4. The number of rotatable bonds is 7. The molecule has 0 bridgehead atoms. The fourth-order valence-electron chi connectivity index (χ4n) is 5.16. The van der Waals surface area contributed by atoms with E-state index < -0.39 is 0 Å². The Hall–Kier alpha value is -0.810. The van der Waals surface area contributed by atoms with Gasteiger partial charge in [0.15, 0.2) is 5.96 Å². The van der Waals surface area contributed by atoms with Crippen molar-refractivity contribution in [1.29, 1.82) is 0 Å². The highest BCUT2D eigenvalue weighted by Gasteiger charge is 2.42. The molecule has 3 rings (SSSR count). The predicted octanol–water partition coefficient (Wildman–Crippen LogP) is 2.96. The number of ether oxygens (including phenoxy) is 1. The van der Waals surface area contributed by atoms with E-state index in [1.165, 1.54) is 51.6 Å². The summed E-state index contributed by atoms with van der Waals surface area (Å²) in [6.45, 7) is 15.4. The maximum absolute atomic E-state index is 5.70. The van der Waals surface area contributed by atoms with E-state index in [-0.39, 0.29) is 0 Å². The predicted molar refractivity (Wildman–Crippen MR) is 109 cm³/mol. The summed E-state index contributed by atoms with van der Waals surface area (Å²) in [5.74, 6) is 1.89. The molecule has 1 spiro atoms. The standard InChI is InChI=1S/C21H40N4O/c1-4-18(5-2)19(24-11-7-8-12-24)15-23-20(22-6-3)25-13-9-21(16-25)10-14-26-17-21/h18-19H,4-17H2,1-3H3,(H,22,23). The molecule has 3 aliphatic rings. The van der Waals surface area contributed by atoms with E-state index in [0.29, 0.717) is 11.5 Å². The topological polar surface area (TPSA) is 40.1 Å². The van der Waals surface area contributed by atoms with Gasteiger partial charge in [0.1, 0.15) is 0 Å². The monoisotopic (exact) mass is 364 g/mol. The van der Waals surface area contributed by atoms with Crippen molar-refractivity contribution in [1.82, 2.24) is 15.1 Å². The highest BCUT2D eigenvalue weighted by molar-refractivity contribution is 5.80. The zero-order valence-corrected chi connectivity index (χ0v) is 17.3. The number of hydrogen-bond donors (Lipinski definition) is 1. The smallest absolute Gasteiger partial charge is 0.193 e. The maximum atomic E-state index is 5.70. The molecule has 1 N–H and O–H groups in total. The lowest BCUT2D eigenvalue weighted by Crippen LogP contribution is -2.44. The van der Waals surface area contributed by atoms with Crippen molar-refractivity contribution in [2.45, 2.75) is 65.3 Å². The van der Waals surface area contributed by atoms with Gasteiger partial charge in [0.05, 0.1) is 13.2 Å². The third-order valence-electron chi connectivity index (χ3n) is 6.89. The van der Waals surface area contributed by atoms with Crippen molar-refractivity contribution >= 4 is 5.96 Å². The van der Waals surface area contributed by atoms with E-state index in [9.17, 15) is 0 Å². The van der Waals surface area contributed by atoms with Crippen LogP contribution in [0, 0.1) is 11.3 Å². The fourth-order valence-corrected chi connectivity index (χ4v) is 5.16. The molecule has 0 aromatic rings. The Morgan fingerprint density at radius 3 is 2.50 bits per heavy atom. The molecule has 150 valence electrons. The van der Waals surface area contributed by atoms with Gasteiger partial charge in [0, 0.05) is 37.7 Å². The van der Waals surface area contributed by atoms with Crippen molar-refractivity contribution in [3.63, 3.8) is 0 Å². The molecule has 3 fully saturated rings. The van der Waals surface area contributed by atoms with Crippen LogP contribution in [0.4, 0.5) is 0 Å². The van der Waals surface area contributed by atoms with Crippen molar-refractivity contribution in [2.24, 2.45) is 16.3 Å². The highest BCUT2D eigenvalue weighted by atomic mass is 16.5. The van der Waals surface area contributed by atoms with E-state index >= 15 is 0 Å². The largest absolute Gasteiger partial charge is 0.381 e. The van der Waals surface area contributed by atoms with E-state index in [1.54, 1.807) is 0 Å². The molecular formula is C21H40N4O. The maximum Gasteiger partial charge on any atom is 0.193 e. The molecule has 5 heteroatoms. The van der Waals surface area contributed by atoms with E-state index in [1.807, 2.05) is 0 Å². The molecule has 0 aliphatic carbocycles. The second-order valence-electron chi connectivity index (χ2n) is 8.56. The molecule has 3 saturated heterocycles. The second kappa shape index (κ2) is 9.41. The highest BCUT2D eigenvalue weighted by Crippen LogP contribution is 2.38. The molecule has 0 radical (unpaired) electrons. The zero-order valence-electron chi connectivity index (χ0n) is 17.3. The van der Waals surface area contributed by atoms with Crippen LogP contribution < -0.4 is 5.32 Å². The number of nitrogens with zero attached hydrogens (tertiary/aromatic N) is 3. The summed E-state index contributed by atoms with van der Waals surface area (Å²) >= 11 is 0. The molecule has 0 aromatic carbocycles. The van der Waals surface area contributed by atoms with Crippen LogP contribution in [0.2, 0.25) is 0 Å². The lowest BCUT2D eigenvalue weighted by atomic mass is 9.87. The number of aliphatic imine (C=N–C) groups is 1. The van der Waals surface area contributed by atoms with Gasteiger partial charge in [-0.2, -0.15) is 0 Å². The summed E-state index contributed by atoms with van der Waals surface area (Å²) in [5, 5.41) is 3.57. The van der Waals surface area contributed by atoms with Crippen molar-refractivity contribution in [3.05, 3.63) is 0 Å². The Balaban J connectivity index is 1.68. The SMILES string of the molecule is CCNC(=NCC(C(CC)CC)N1CCCC1)N1CCC2(CCOC2)C1. The number of likely N-dealkylation sites (tertiary alicyclic amines) is 2. The van der Waals surface area contributed by atoms with Crippen LogP contribution in [0.1, 0.15) is 59.3 Å². The molecule has 2 atom stereocenters. The Morgan fingerprint density at radius 2 is 1.88 bits per heavy atom. The molecule has 26 heavy (non-hydrogen) atoms. The lowest BCUT2D eigenvalue weighted by molar-refractivity contribution is 0.156. The molecule has 0 amide bonds. The first kappa shape index (κ1) is 19.9. The summed E-state index contributed by atoms with van der Waals surface area (Å²) in [5.41, 5.74) is 0.389. The molecule has 3 heterocycles. The molecule has 0 aromatic heterocycles. The zero-order chi connectivity index (χ0) is 18.4.